The van der Waals surface area contributed by atoms with E-state index < -0.39 is 15.8 Å². The van der Waals surface area contributed by atoms with E-state index in [4.69, 9.17) is 0 Å². The maximum Gasteiger partial charge on any atom is 0.239 e. The minimum absolute atomic E-state index is 0.248. The molecule has 1 aromatic rings. The molecule has 0 spiro atoms. The number of hydrogen-bond donors (Lipinski definition) is 0. The third-order valence-electron chi connectivity index (χ3n) is 4.19. The highest BCUT2D eigenvalue weighted by molar-refractivity contribution is 7.89. The number of rotatable bonds is 5. The summed E-state index contributed by atoms with van der Waals surface area (Å²) in [5, 5.41) is 0. The number of aryl methyl sites for hydroxylation is 1. The number of piperazine rings is 1. The van der Waals surface area contributed by atoms with Crippen molar-refractivity contribution in [2.75, 3.05) is 50.9 Å². The second kappa shape index (κ2) is 7.65. The van der Waals surface area contributed by atoms with Crippen LogP contribution in [-0.2, 0) is 14.8 Å². The number of amides is 1. The van der Waals surface area contributed by atoms with Gasteiger partial charge in [-0.25, -0.2) is 22.7 Å². The molecule has 0 radical (unpaired) electrons. The Kier molecular flexibility index (Phi) is 5.99. The summed E-state index contributed by atoms with van der Waals surface area (Å²) in [5.41, 5.74) is 0.921. The minimum atomic E-state index is -3.53. The molecule has 1 fully saturated rings. The van der Waals surface area contributed by atoms with Crippen LogP contribution >= 0.6 is 0 Å². The van der Waals surface area contributed by atoms with Crippen LogP contribution in [0.3, 0.4) is 0 Å². The lowest BCUT2D eigenvalue weighted by Crippen LogP contribution is -2.51. The van der Waals surface area contributed by atoms with Crippen molar-refractivity contribution in [1.29, 1.82) is 0 Å². The van der Waals surface area contributed by atoms with Crippen LogP contribution in [0, 0.1) is 6.92 Å². The molecule has 1 saturated heterocycles. The molecule has 140 valence electrons. The topological polar surface area (TPSA) is 86.7 Å². The van der Waals surface area contributed by atoms with Crippen molar-refractivity contribution >= 4 is 21.7 Å². The van der Waals surface area contributed by atoms with Gasteiger partial charge in [-0.3, -0.25) is 4.79 Å². The van der Waals surface area contributed by atoms with Gasteiger partial charge in [-0.05, 0) is 6.92 Å². The molecule has 9 heteroatoms. The smallest absolute Gasteiger partial charge is 0.239 e. The number of aromatic nitrogens is 2. The Morgan fingerprint density at radius 3 is 2.32 bits per heavy atom. The van der Waals surface area contributed by atoms with E-state index in [1.165, 1.54) is 14.1 Å². The van der Waals surface area contributed by atoms with Gasteiger partial charge in [0.15, 0.2) is 0 Å². The molecule has 0 atom stereocenters. The van der Waals surface area contributed by atoms with Crippen LogP contribution in [-0.4, -0.2) is 79.5 Å². The summed E-state index contributed by atoms with van der Waals surface area (Å²) in [6.45, 7) is 8.29. The third kappa shape index (κ3) is 4.88. The summed E-state index contributed by atoms with van der Waals surface area (Å²) in [5.74, 6) is 1.09. The Hall–Kier alpha value is -1.74. The largest absolute Gasteiger partial charge is 0.353 e. The molecule has 1 aliphatic rings. The van der Waals surface area contributed by atoms with Crippen molar-refractivity contribution in [1.82, 2.24) is 19.2 Å². The van der Waals surface area contributed by atoms with Crippen LogP contribution in [0.15, 0.2) is 6.07 Å². The van der Waals surface area contributed by atoms with E-state index in [2.05, 4.69) is 28.7 Å². The number of sulfonamides is 1. The van der Waals surface area contributed by atoms with Crippen LogP contribution in [0.4, 0.5) is 5.82 Å². The Labute approximate surface area is 149 Å². The predicted octanol–water partition coefficient (Wildman–Crippen LogP) is 0.448. The molecule has 2 heterocycles. The molecular formula is C16H27N5O3S. The van der Waals surface area contributed by atoms with Gasteiger partial charge in [-0.1, -0.05) is 13.8 Å². The summed E-state index contributed by atoms with van der Waals surface area (Å²) in [7, 11) is -0.656. The van der Waals surface area contributed by atoms with Gasteiger partial charge in [0.1, 0.15) is 17.4 Å². The molecule has 1 aromatic heterocycles. The zero-order valence-corrected chi connectivity index (χ0v) is 16.4. The predicted molar refractivity (Wildman–Crippen MR) is 97.1 cm³/mol. The molecule has 0 saturated carbocycles. The van der Waals surface area contributed by atoms with Crippen molar-refractivity contribution < 1.29 is 13.2 Å². The van der Waals surface area contributed by atoms with Crippen molar-refractivity contribution in [3.8, 4) is 0 Å². The van der Waals surface area contributed by atoms with E-state index >= 15 is 0 Å². The molecule has 0 aliphatic carbocycles. The van der Waals surface area contributed by atoms with Gasteiger partial charge in [-0.15, -0.1) is 0 Å². The van der Waals surface area contributed by atoms with Gasteiger partial charge in [0, 0.05) is 58.0 Å². The lowest BCUT2D eigenvalue weighted by Gasteiger charge is -2.35. The van der Waals surface area contributed by atoms with E-state index in [0.29, 0.717) is 26.2 Å². The summed E-state index contributed by atoms with van der Waals surface area (Å²) < 4.78 is 24.8. The third-order valence-corrected chi connectivity index (χ3v) is 5.92. The van der Waals surface area contributed by atoms with E-state index in [-0.39, 0.29) is 11.8 Å². The number of nitrogens with zero attached hydrogens (tertiary/aromatic N) is 5. The lowest BCUT2D eigenvalue weighted by molar-refractivity contribution is -0.128. The Morgan fingerprint density at radius 1 is 1.20 bits per heavy atom. The average molecular weight is 369 g/mol. The minimum Gasteiger partial charge on any atom is -0.353 e. The van der Waals surface area contributed by atoms with Crippen LogP contribution in [0.25, 0.3) is 0 Å². The van der Waals surface area contributed by atoms with Gasteiger partial charge < -0.3 is 9.80 Å². The zero-order valence-electron chi connectivity index (χ0n) is 15.6. The number of hydrogen-bond acceptors (Lipinski definition) is 6. The fraction of sp³-hybridized carbons (Fsp3) is 0.688. The van der Waals surface area contributed by atoms with Crippen LogP contribution in [0.2, 0.25) is 0 Å². The van der Waals surface area contributed by atoms with Crippen LogP contribution in [0.5, 0.6) is 0 Å². The Balaban J connectivity index is 2.01. The summed E-state index contributed by atoms with van der Waals surface area (Å²) >= 11 is 0. The maximum atomic E-state index is 12.2. The molecule has 0 N–H and O–H groups in total. The quantitative estimate of drug-likeness (QED) is 0.749. The number of anilines is 1. The molecule has 0 bridgehead atoms. The van der Waals surface area contributed by atoms with Crippen LogP contribution in [0.1, 0.15) is 31.3 Å². The zero-order chi connectivity index (χ0) is 18.8. The average Bonchev–Trinajstić information content (AvgIpc) is 2.53. The first-order chi connectivity index (χ1) is 11.6. The van der Waals surface area contributed by atoms with Crippen molar-refractivity contribution in [3.05, 3.63) is 17.6 Å². The second-order valence-corrected chi connectivity index (χ2v) is 8.97. The first kappa shape index (κ1) is 19.6. The summed E-state index contributed by atoms with van der Waals surface area (Å²) in [6, 6.07) is 1.94. The lowest BCUT2D eigenvalue weighted by atomic mass is 10.2. The number of carbonyl (C=O) groups is 1. The van der Waals surface area contributed by atoms with Gasteiger partial charge >= 0.3 is 0 Å². The van der Waals surface area contributed by atoms with Crippen LogP contribution < -0.4 is 4.90 Å². The normalized spacial score (nSPS) is 16.0. The first-order valence-electron chi connectivity index (χ1n) is 8.38. The van der Waals surface area contributed by atoms with Crippen molar-refractivity contribution in [2.24, 2.45) is 0 Å². The highest BCUT2D eigenvalue weighted by Crippen LogP contribution is 2.18. The highest BCUT2D eigenvalue weighted by Gasteiger charge is 2.27. The second-order valence-electron chi connectivity index (χ2n) is 6.79. The standard InChI is InChI=1S/C16H27N5O3S/c1-12(2)16-17-13(3)10-14(18-16)20-6-8-21(9-7-20)15(22)11-25(23,24)19(4)5/h10,12H,6-9,11H2,1-5H3. The molecule has 25 heavy (non-hydrogen) atoms. The summed E-state index contributed by atoms with van der Waals surface area (Å²) in [4.78, 5) is 25.0. The van der Waals surface area contributed by atoms with Crippen molar-refractivity contribution in [3.63, 3.8) is 0 Å². The fourth-order valence-corrected chi connectivity index (χ4v) is 3.31. The van der Waals surface area contributed by atoms with Gasteiger partial charge in [-0.2, -0.15) is 0 Å². The molecule has 1 amide bonds. The SMILES string of the molecule is Cc1cc(N2CCN(C(=O)CS(=O)(=O)N(C)C)CC2)nc(C(C)C)n1. The molecule has 8 nitrogen and oxygen atoms in total. The number of carbonyl (C=O) groups excluding carboxylic acids is 1. The molecular weight excluding hydrogens is 342 g/mol. The van der Waals surface area contributed by atoms with E-state index in [9.17, 15) is 13.2 Å². The van der Waals surface area contributed by atoms with Gasteiger partial charge in [0.05, 0.1) is 0 Å². The molecule has 1 aliphatic heterocycles. The molecule has 0 unspecified atom stereocenters. The van der Waals surface area contributed by atoms with Gasteiger partial charge in [0.25, 0.3) is 0 Å². The Morgan fingerprint density at radius 2 is 1.80 bits per heavy atom. The summed E-state index contributed by atoms with van der Waals surface area (Å²) in [6.07, 6.45) is 0. The monoisotopic (exact) mass is 369 g/mol. The van der Waals surface area contributed by atoms with E-state index in [0.717, 1.165) is 21.6 Å². The first-order valence-corrected chi connectivity index (χ1v) is 9.99. The fourth-order valence-electron chi connectivity index (χ4n) is 2.56. The molecule has 0 aromatic carbocycles. The highest BCUT2D eigenvalue weighted by atomic mass is 32.2. The van der Waals surface area contributed by atoms with E-state index in [1.54, 1.807) is 4.90 Å². The van der Waals surface area contributed by atoms with Crippen molar-refractivity contribution in [2.45, 2.75) is 26.7 Å². The Bertz CT molecular complexity index is 725. The van der Waals surface area contributed by atoms with E-state index in [1.807, 2.05) is 13.0 Å². The van der Waals surface area contributed by atoms with Gasteiger partial charge in [0.2, 0.25) is 15.9 Å². The maximum absolute atomic E-state index is 12.2. The molecule has 2 rings (SSSR count).